The summed E-state index contributed by atoms with van der Waals surface area (Å²) in [5.74, 6) is 1.06. The van der Waals surface area contributed by atoms with E-state index in [1.165, 1.54) is 0 Å². The second-order valence-corrected chi connectivity index (χ2v) is 1.39. The number of aromatic nitrogens is 2. The number of nitrogens with one attached hydrogen (secondary N) is 1. The first-order chi connectivity index (χ1) is 3.43. The van der Waals surface area contributed by atoms with Crippen LogP contribution in [0.3, 0.4) is 0 Å². The molecule has 0 aliphatic rings. The van der Waals surface area contributed by atoms with Gasteiger partial charge in [-0.05, 0) is 0 Å². The Kier molecular flexibility index (Phi) is 16.4. The number of imidazole rings is 1. The Morgan fingerprint density at radius 1 is 1.50 bits per heavy atom. The quantitative estimate of drug-likeness (QED) is 0.517. The second-order valence-electron chi connectivity index (χ2n) is 1.39. The fourth-order valence-corrected chi connectivity index (χ4v) is 0.491. The van der Waals surface area contributed by atoms with Crippen LogP contribution in [0, 0.1) is 0 Å². The average molecular weight is 315 g/mol. The Labute approximate surface area is 91.7 Å². The molecule has 0 spiro atoms. The molecule has 0 saturated heterocycles. The Bertz CT molecular complexity index is 132. The van der Waals surface area contributed by atoms with Gasteiger partial charge < -0.3 is 38.9 Å². The molecule has 2 nitrogen and oxygen atoms in total. The normalized spacial score (nSPS) is 6.50. The molecule has 0 aromatic carbocycles. The van der Waals surface area contributed by atoms with Gasteiger partial charge in [0.05, 0.1) is 0 Å². The van der Waals surface area contributed by atoms with Crippen LogP contribution in [0.4, 0.5) is 0 Å². The van der Waals surface area contributed by atoms with Crippen LogP contribution in [0.1, 0.15) is 12.7 Å². The average Bonchev–Trinajstić information content (AvgIpc) is 2.14. The van der Waals surface area contributed by atoms with Crippen LogP contribution < -0.4 is 34.0 Å². The van der Waals surface area contributed by atoms with Crippen molar-refractivity contribution < 1.29 is 50.5 Å². The SMILES string of the molecule is CCc1ncc[nH]1.[Br-].[Br-].[Ni+2]. The summed E-state index contributed by atoms with van der Waals surface area (Å²) < 4.78 is 0. The molecule has 0 atom stereocenters. The third kappa shape index (κ3) is 5.45. The molecule has 0 aliphatic heterocycles. The van der Waals surface area contributed by atoms with Crippen molar-refractivity contribution in [3.05, 3.63) is 18.2 Å². The van der Waals surface area contributed by atoms with E-state index < -0.39 is 0 Å². The molecular formula is C5H8Br2N2Ni. The van der Waals surface area contributed by atoms with Gasteiger partial charge in [0.2, 0.25) is 0 Å². The molecule has 1 aromatic rings. The van der Waals surface area contributed by atoms with Crippen molar-refractivity contribution in [3.63, 3.8) is 0 Å². The minimum absolute atomic E-state index is 0. The summed E-state index contributed by atoms with van der Waals surface area (Å²) in [5.41, 5.74) is 0. The first kappa shape index (κ1) is 17.0. The van der Waals surface area contributed by atoms with Crippen molar-refractivity contribution in [2.45, 2.75) is 13.3 Å². The second kappa shape index (κ2) is 9.66. The predicted octanol–water partition coefficient (Wildman–Crippen LogP) is -5.02. The number of hydrogen-bond donors (Lipinski definition) is 1. The smallest absolute Gasteiger partial charge is 1.00 e. The molecule has 0 fully saturated rings. The molecule has 10 heavy (non-hydrogen) atoms. The van der Waals surface area contributed by atoms with Crippen molar-refractivity contribution in [1.29, 1.82) is 0 Å². The van der Waals surface area contributed by atoms with E-state index in [9.17, 15) is 0 Å². The third-order valence-electron chi connectivity index (χ3n) is 0.890. The van der Waals surface area contributed by atoms with Crippen molar-refractivity contribution in [3.8, 4) is 0 Å². The molecule has 0 radical (unpaired) electrons. The molecule has 1 rings (SSSR count). The van der Waals surface area contributed by atoms with Gasteiger partial charge in [0, 0.05) is 18.8 Å². The van der Waals surface area contributed by atoms with Gasteiger partial charge in [0.1, 0.15) is 5.82 Å². The van der Waals surface area contributed by atoms with Crippen molar-refractivity contribution in [2.24, 2.45) is 0 Å². The van der Waals surface area contributed by atoms with Crippen LogP contribution in [-0.4, -0.2) is 9.97 Å². The molecular weight excluding hydrogens is 307 g/mol. The molecule has 0 bridgehead atoms. The maximum absolute atomic E-state index is 3.98. The number of H-pyrrole nitrogens is 1. The predicted molar refractivity (Wildman–Crippen MR) is 28.0 cm³/mol. The zero-order chi connectivity index (χ0) is 5.11. The molecule has 1 heterocycles. The Hall–Kier alpha value is 0.664. The van der Waals surface area contributed by atoms with E-state index in [1.807, 2.05) is 6.20 Å². The van der Waals surface area contributed by atoms with Crippen molar-refractivity contribution in [1.82, 2.24) is 9.97 Å². The Morgan fingerprint density at radius 3 is 2.30 bits per heavy atom. The van der Waals surface area contributed by atoms with E-state index in [1.54, 1.807) is 6.20 Å². The standard InChI is InChI=1S/C5H8N2.2BrH.Ni/c1-2-5-6-3-4-7-5;;;/h3-4H,2H2,1H3,(H,6,7);2*1H;/q;;;+2/p-2. The molecule has 0 aliphatic carbocycles. The van der Waals surface area contributed by atoms with Gasteiger partial charge in [-0.15, -0.1) is 0 Å². The zero-order valence-corrected chi connectivity index (χ0v) is 9.54. The van der Waals surface area contributed by atoms with E-state index in [0.717, 1.165) is 12.2 Å². The van der Waals surface area contributed by atoms with E-state index in [2.05, 4.69) is 16.9 Å². The summed E-state index contributed by atoms with van der Waals surface area (Å²) >= 11 is 0. The number of aryl methyl sites for hydroxylation is 1. The first-order valence-electron chi connectivity index (χ1n) is 2.41. The fraction of sp³-hybridized carbons (Fsp3) is 0.400. The summed E-state index contributed by atoms with van der Waals surface area (Å²) in [6.45, 7) is 2.07. The van der Waals surface area contributed by atoms with Crippen LogP contribution >= 0.6 is 0 Å². The maximum Gasteiger partial charge on any atom is 2.00 e. The summed E-state index contributed by atoms with van der Waals surface area (Å²) in [6, 6.07) is 0. The van der Waals surface area contributed by atoms with Crippen molar-refractivity contribution in [2.75, 3.05) is 0 Å². The summed E-state index contributed by atoms with van der Waals surface area (Å²) in [7, 11) is 0. The zero-order valence-electron chi connectivity index (χ0n) is 5.38. The van der Waals surface area contributed by atoms with Crippen LogP contribution in [0.25, 0.3) is 0 Å². The number of hydrogen-bond acceptors (Lipinski definition) is 1. The van der Waals surface area contributed by atoms with Crippen LogP contribution in [0.5, 0.6) is 0 Å². The van der Waals surface area contributed by atoms with Crippen molar-refractivity contribution >= 4 is 0 Å². The molecule has 62 valence electrons. The summed E-state index contributed by atoms with van der Waals surface area (Å²) in [6.07, 6.45) is 4.59. The first-order valence-corrected chi connectivity index (χ1v) is 2.41. The van der Waals surface area contributed by atoms with Gasteiger partial charge in [0.25, 0.3) is 0 Å². The van der Waals surface area contributed by atoms with E-state index in [0.29, 0.717) is 0 Å². The summed E-state index contributed by atoms with van der Waals surface area (Å²) in [5, 5.41) is 0. The van der Waals surface area contributed by atoms with E-state index in [4.69, 9.17) is 0 Å². The minimum Gasteiger partial charge on any atom is -1.00 e. The van der Waals surface area contributed by atoms with Gasteiger partial charge in [-0.2, -0.15) is 0 Å². The molecule has 5 heteroatoms. The Morgan fingerprint density at radius 2 is 2.10 bits per heavy atom. The molecule has 0 saturated carbocycles. The van der Waals surface area contributed by atoms with Gasteiger partial charge in [-0.25, -0.2) is 4.98 Å². The topological polar surface area (TPSA) is 28.7 Å². The Balaban J connectivity index is -0.000000163. The third-order valence-corrected chi connectivity index (χ3v) is 0.890. The summed E-state index contributed by atoms with van der Waals surface area (Å²) in [4.78, 5) is 6.95. The van der Waals surface area contributed by atoms with Crippen LogP contribution in [0.2, 0.25) is 0 Å². The van der Waals surface area contributed by atoms with Gasteiger partial charge in [-0.3, -0.25) is 0 Å². The minimum atomic E-state index is 0. The van der Waals surface area contributed by atoms with Crippen LogP contribution in [0.15, 0.2) is 12.4 Å². The molecule has 1 N–H and O–H groups in total. The molecule has 1 aromatic heterocycles. The molecule has 0 unspecified atom stereocenters. The monoisotopic (exact) mass is 312 g/mol. The van der Waals surface area contributed by atoms with E-state index >= 15 is 0 Å². The fourth-order valence-electron chi connectivity index (χ4n) is 0.491. The van der Waals surface area contributed by atoms with Gasteiger partial charge in [0.15, 0.2) is 0 Å². The van der Waals surface area contributed by atoms with E-state index in [-0.39, 0.29) is 50.5 Å². The number of nitrogens with zero attached hydrogens (tertiary/aromatic N) is 1. The van der Waals surface area contributed by atoms with Gasteiger partial charge >= 0.3 is 16.5 Å². The maximum atomic E-state index is 3.98. The van der Waals surface area contributed by atoms with Gasteiger partial charge in [-0.1, -0.05) is 6.92 Å². The largest absolute Gasteiger partial charge is 2.00 e. The van der Waals surface area contributed by atoms with Crippen LogP contribution in [-0.2, 0) is 22.9 Å². The molecule has 0 amide bonds. The number of rotatable bonds is 1. The number of halogens is 2. The number of aromatic amines is 1.